The Morgan fingerprint density at radius 3 is 2.63 bits per heavy atom. The Bertz CT molecular complexity index is 886. The summed E-state index contributed by atoms with van der Waals surface area (Å²) in [5, 5.41) is 4.15. The van der Waals surface area contributed by atoms with Gasteiger partial charge in [0.25, 0.3) is 5.91 Å². The number of carbonyl (C=O) groups excluding carboxylic acids is 1. The molecule has 1 fully saturated rings. The number of nitrogens with one attached hydrogen (secondary N) is 1. The molecule has 1 N–H and O–H groups in total. The summed E-state index contributed by atoms with van der Waals surface area (Å²) in [6.07, 6.45) is 0. The lowest BCUT2D eigenvalue weighted by atomic mass is 10.0. The van der Waals surface area contributed by atoms with E-state index in [0.29, 0.717) is 24.6 Å². The standard InChI is InChI=1S/C21H21FN2O2S/c22-17-7-5-15(6-8-17)18(24-9-11-26-12-10-24)14-23-21(25)20-13-16-3-1-2-4-19(16)27-20/h1-8,13,18H,9-12,14H2,(H,23,25). The second-order valence-electron chi connectivity index (χ2n) is 6.57. The van der Waals surface area contributed by atoms with Gasteiger partial charge in [0, 0.05) is 24.3 Å². The number of morpholine rings is 1. The highest BCUT2D eigenvalue weighted by atomic mass is 32.1. The summed E-state index contributed by atoms with van der Waals surface area (Å²) in [6, 6.07) is 16.4. The molecule has 0 radical (unpaired) electrons. The van der Waals surface area contributed by atoms with E-state index in [1.807, 2.05) is 30.3 Å². The van der Waals surface area contributed by atoms with Crippen molar-refractivity contribution in [3.05, 3.63) is 70.9 Å². The molecule has 3 aromatic rings. The number of fused-ring (bicyclic) bond motifs is 1. The van der Waals surface area contributed by atoms with Crippen LogP contribution in [0.5, 0.6) is 0 Å². The number of benzene rings is 2. The van der Waals surface area contributed by atoms with Crippen LogP contribution in [0, 0.1) is 5.82 Å². The Morgan fingerprint density at radius 2 is 1.89 bits per heavy atom. The summed E-state index contributed by atoms with van der Waals surface area (Å²) in [7, 11) is 0. The zero-order valence-corrected chi connectivity index (χ0v) is 15.7. The van der Waals surface area contributed by atoms with Crippen molar-refractivity contribution in [3.8, 4) is 0 Å². The van der Waals surface area contributed by atoms with E-state index in [9.17, 15) is 9.18 Å². The SMILES string of the molecule is O=C(NCC(c1ccc(F)cc1)N1CCOCC1)c1cc2ccccc2s1. The van der Waals surface area contributed by atoms with Crippen LogP contribution in [0.3, 0.4) is 0 Å². The second-order valence-corrected chi connectivity index (χ2v) is 7.66. The van der Waals surface area contributed by atoms with E-state index >= 15 is 0 Å². The van der Waals surface area contributed by atoms with Gasteiger partial charge in [0.1, 0.15) is 5.82 Å². The number of ether oxygens (including phenoxy) is 1. The van der Waals surface area contributed by atoms with Crippen LogP contribution in [0.15, 0.2) is 54.6 Å². The monoisotopic (exact) mass is 384 g/mol. The molecule has 0 bridgehead atoms. The van der Waals surface area contributed by atoms with Crippen LogP contribution in [-0.4, -0.2) is 43.7 Å². The van der Waals surface area contributed by atoms with Crippen molar-refractivity contribution in [2.24, 2.45) is 0 Å². The van der Waals surface area contributed by atoms with E-state index in [1.165, 1.54) is 23.5 Å². The Labute approximate surface area is 161 Å². The lowest BCUT2D eigenvalue weighted by Gasteiger charge is -2.34. The van der Waals surface area contributed by atoms with E-state index in [1.54, 1.807) is 12.1 Å². The fraction of sp³-hybridized carbons (Fsp3) is 0.286. The van der Waals surface area contributed by atoms with Gasteiger partial charge in [-0.15, -0.1) is 11.3 Å². The average Bonchev–Trinajstić information content (AvgIpc) is 3.14. The molecule has 4 rings (SSSR count). The highest BCUT2D eigenvalue weighted by Gasteiger charge is 2.23. The van der Waals surface area contributed by atoms with Gasteiger partial charge >= 0.3 is 0 Å². The number of halogens is 1. The summed E-state index contributed by atoms with van der Waals surface area (Å²) >= 11 is 1.50. The smallest absolute Gasteiger partial charge is 0.261 e. The minimum atomic E-state index is -0.256. The third kappa shape index (κ3) is 4.18. The molecule has 1 atom stereocenters. The Hall–Kier alpha value is -2.28. The number of hydrogen-bond acceptors (Lipinski definition) is 4. The van der Waals surface area contributed by atoms with Crippen molar-refractivity contribution in [3.63, 3.8) is 0 Å². The van der Waals surface area contributed by atoms with Gasteiger partial charge in [-0.25, -0.2) is 4.39 Å². The van der Waals surface area contributed by atoms with Crippen molar-refractivity contribution >= 4 is 27.3 Å². The summed E-state index contributed by atoms with van der Waals surface area (Å²) in [5.74, 6) is -0.328. The van der Waals surface area contributed by atoms with Gasteiger partial charge in [-0.3, -0.25) is 9.69 Å². The molecule has 0 spiro atoms. The zero-order chi connectivity index (χ0) is 18.6. The molecule has 2 heterocycles. The van der Waals surface area contributed by atoms with Crippen molar-refractivity contribution < 1.29 is 13.9 Å². The molecule has 6 heteroatoms. The van der Waals surface area contributed by atoms with Crippen molar-refractivity contribution in [1.82, 2.24) is 10.2 Å². The summed E-state index contributed by atoms with van der Waals surface area (Å²) in [4.78, 5) is 15.7. The van der Waals surface area contributed by atoms with Gasteiger partial charge in [-0.1, -0.05) is 30.3 Å². The molecule has 1 aliphatic heterocycles. The Kier molecular flexibility index (Phi) is 5.48. The summed E-state index contributed by atoms with van der Waals surface area (Å²) in [5.41, 5.74) is 0.995. The molecule has 27 heavy (non-hydrogen) atoms. The molecule has 2 aromatic carbocycles. The van der Waals surface area contributed by atoms with Crippen LogP contribution in [0.25, 0.3) is 10.1 Å². The molecule has 0 saturated carbocycles. The highest BCUT2D eigenvalue weighted by Crippen LogP contribution is 2.26. The van der Waals surface area contributed by atoms with Crippen molar-refractivity contribution in [2.75, 3.05) is 32.8 Å². The largest absolute Gasteiger partial charge is 0.379 e. The first-order chi connectivity index (χ1) is 13.2. The van der Waals surface area contributed by atoms with E-state index in [-0.39, 0.29) is 17.8 Å². The fourth-order valence-corrected chi connectivity index (χ4v) is 4.38. The number of thiophene rings is 1. The second kappa shape index (κ2) is 8.17. The summed E-state index contributed by atoms with van der Waals surface area (Å²) < 4.78 is 19.9. The molecular weight excluding hydrogens is 363 g/mol. The maximum atomic E-state index is 13.3. The van der Waals surface area contributed by atoms with Crippen LogP contribution >= 0.6 is 11.3 Å². The van der Waals surface area contributed by atoms with Crippen LogP contribution in [0.1, 0.15) is 21.3 Å². The molecule has 1 aliphatic rings. The van der Waals surface area contributed by atoms with Crippen molar-refractivity contribution in [1.29, 1.82) is 0 Å². The van der Waals surface area contributed by atoms with Gasteiger partial charge in [0.05, 0.1) is 24.1 Å². The number of amides is 1. The van der Waals surface area contributed by atoms with Crippen molar-refractivity contribution in [2.45, 2.75) is 6.04 Å². The Morgan fingerprint density at radius 1 is 1.15 bits per heavy atom. The number of nitrogens with zero attached hydrogens (tertiary/aromatic N) is 1. The number of hydrogen-bond donors (Lipinski definition) is 1. The van der Waals surface area contributed by atoms with Crippen LogP contribution in [-0.2, 0) is 4.74 Å². The van der Waals surface area contributed by atoms with Gasteiger partial charge in [-0.2, -0.15) is 0 Å². The molecule has 4 nitrogen and oxygen atoms in total. The summed E-state index contributed by atoms with van der Waals surface area (Å²) in [6.45, 7) is 3.39. The lowest BCUT2D eigenvalue weighted by Crippen LogP contribution is -2.43. The van der Waals surface area contributed by atoms with Gasteiger partial charge in [-0.05, 0) is 35.2 Å². The van der Waals surface area contributed by atoms with Gasteiger partial charge in [0.15, 0.2) is 0 Å². The van der Waals surface area contributed by atoms with Gasteiger partial charge < -0.3 is 10.1 Å². The first-order valence-corrected chi connectivity index (χ1v) is 9.86. The molecule has 1 amide bonds. The topological polar surface area (TPSA) is 41.6 Å². The average molecular weight is 384 g/mol. The molecule has 1 aromatic heterocycles. The third-order valence-electron chi connectivity index (χ3n) is 4.85. The zero-order valence-electron chi connectivity index (χ0n) is 14.9. The minimum absolute atomic E-state index is 0.00664. The molecule has 1 unspecified atom stereocenters. The number of carbonyl (C=O) groups is 1. The van der Waals surface area contributed by atoms with Crippen LogP contribution < -0.4 is 5.32 Å². The molecular formula is C21H21FN2O2S. The maximum absolute atomic E-state index is 13.3. The first kappa shape index (κ1) is 18.1. The molecule has 0 aliphatic carbocycles. The highest BCUT2D eigenvalue weighted by molar-refractivity contribution is 7.20. The normalized spacial score (nSPS) is 16.3. The van der Waals surface area contributed by atoms with Gasteiger partial charge in [0.2, 0.25) is 0 Å². The van der Waals surface area contributed by atoms with E-state index < -0.39 is 0 Å². The quantitative estimate of drug-likeness (QED) is 0.727. The predicted octanol–water partition coefficient (Wildman–Crippen LogP) is 3.84. The lowest BCUT2D eigenvalue weighted by molar-refractivity contribution is 0.0162. The number of rotatable bonds is 5. The maximum Gasteiger partial charge on any atom is 0.261 e. The molecule has 1 saturated heterocycles. The first-order valence-electron chi connectivity index (χ1n) is 9.05. The minimum Gasteiger partial charge on any atom is -0.379 e. The van der Waals surface area contributed by atoms with Crippen LogP contribution in [0.4, 0.5) is 4.39 Å². The predicted molar refractivity (Wildman–Crippen MR) is 106 cm³/mol. The van der Waals surface area contributed by atoms with Crippen LogP contribution in [0.2, 0.25) is 0 Å². The van der Waals surface area contributed by atoms with E-state index in [2.05, 4.69) is 10.2 Å². The van der Waals surface area contributed by atoms with E-state index in [4.69, 9.17) is 4.74 Å². The molecule has 140 valence electrons. The third-order valence-corrected chi connectivity index (χ3v) is 5.96. The van der Waals surface area contributed by atoms with E-state index in [0.717, 1.165) is 28.7 Å². The Balaban J connectivity index is 1.50. The fourth-order valence-electron chi connectivity index (χ4n) is 3.40.